The van der Waals surface area contributed by atoms with Crippen molar-refractivity contribution in [2.75, 3.05) is 19.7 Å². The molecule has 1 unspecified atom stereocenters. The predicted molar refractivity (Wildman–Crippen MR) is 68.2 cm³/mol. The average molecular weight is 249 g/mol. The van der Waals surface area contributed by atoms with Crippen LogP contribution in [-0.2, 0) is 9.53 Å². The molecular formula is C14H19NO3. The van der Waals surface area contributed by atoms with Crippen molar-refractivity contribution >= 4 is 5.91 Å². The van der Waals surface area contributed by atoms with Gasteiger partial charge in [-0.25, -0.2) is 0 Å². The van der Waals surface area contributed by atoms with Gasteiger partial charge in [-0.1, -0.05) is 26.0 Å². The number of phenols is 1. The molecule has 1 atom stereocenters. The molecule has 2 rings (SSSR count). The van der Waals surface area contributed by atoms with Crippen LogP contribution in [0.15, 0.2) is 24.3 Å². The molecule has 18 heavy (non-hydrogen) atoms. The zero-order valence-electron chi connectivity index (χ0n) is 10.8. The standard InChI is InChI=1S/C14H19NO3/c1-10(2)14(17)15-6-7-18-13(9-15)11-4-3-5-12(16)8-11/h3-5,8,10,13,16H,6-7,9H2,1-2H3. The highest BCUT2D eigenvalue weighted by Gasteiger charge is 2.26. The summed E-state index contributed by atoms with van der Waals surface area (Å²) in [5, 5.41) is 9.47. The molecule has 0 bridgehead atoms. The Labute approximate surface area is 107 Å². The van der Waals surface area contributed by atoms with Gasteiger partial charge in [0, 0.05) is 12.5 Å². The van der Waals surface area contributed by atoms with E-state index in [1.54, 1.807) is 18.2 Å². The molecule has 1 saturated heterocycles. The summed E-state index contributed by atoms with van der Waals surface area (Å²) in [6.07, 6.45) is -0.145. The first-order valence-electron chi connectivity index (χ1n) is 6.27. The molecule has 1 aliphatic rings. The molecule has 4 nitrogen and oxygen atoms in total. The number of hydrogen-bond acceptors (Lipinski definition) is 3. The molecule has 1 N–H and O–H groups in total. The van der Waals surface area contributed by atoms with Crippen molar-refractivity contribution in [2.45, 2.75) is 20.0 Å². The molecule has 98 valence electrons. The van der Waals surface area contributed by atoms with Gasteiger partial charge in [0.15, 0.2) is 0 Å². The van der Waals surface area contributed by atoms with E-state index in [1.165, 1.54) is 0 Å². The predicted octanol–water partition coefficient (Wildman–Crippen LogP) is 1.95. The van der Waals surface area contributed by atoms with E-state index in [9.17, 15) is 9.90 Å². The van der Waals surface area contributed by atoms with Crippen LogP contribution >= 0.6 is 0 Å². The molecule has 0 spiro atoms. The summed E-state index contributed by atoms with van der Waals surface area (Å²) >= 11 is 0. The highest BCUT2D eigenvalue weighted by molar-refractivity contribution is 5.78. The van der Waals surface area contributed by atoms with Gasteiger partial charge in [-0.15, -0.1) is 0 Å². The fraction of sp³-hybridized carbons (Fsp3) is 0.500. The van der Waals surface area contributed by atoms with E-state index >= 15 is 0 Å². The molecule has 0 saturated carbocycles. The van der Waals surface area contributed by atoms with Crippen molar-refractivity contribution in [1.82, 2.24) is 4.90 Å². The van der Waals surface area contributed by atoms with Crippen molar-refractivity contribution in [3.05, 3.63) is 29.8 Å². The lowest BCUT2D eigenvalue weighted by Gasteiger charge is -2.34. The van der Waals surface area contributed by atoms with Gasteiger partial charge in [0.25, 0.3) is 0 Å². The molecule has 1 amide bonds. The van der Waals surface area contributed by atoms with Crippen molar-refractivity contribution in [2.24, 2.45) is 5.92 Å². The van der Waals surface area contributed by atoms with Crippen LogP contribution in [0.3, 0.4) is 0 Å². The maximum Gasteiger partial charge on any atom is 0.225 e. The first-order valence-corrected chi connectivity index (χ1v) is 6.27. The largest absolute Gasteiger partial charge is 0.508 e. The van der Waals surface area contributed by atoms with Gasteiger partial charge in [0.2, 0.25) is 5.91 Å². The van der Waals surface area contributed by atoms with Crippen LogP contribution in [0.25, 0.3) is 0 Å². The van der Waals surface area contributed by atoms with E-state index in [1.807, 2.05) is 24.8 Å². The van der Waals surface area contributed by atoms with Crippen LogP contribution in [0, 0.1) is 5.92 Å². The van der Waals surface area contributed by atoms with E-state index in [0.29, 0.717) is 19.7 Å². The number of carbonyl (C=O) groups excluding carboxylic acids is 1. The third-order valence-electron chi connectivity index (χ3n) is 3.11. The maximum atomic E-state index is 12.0. The molecular weight excluding hydrogens is 230 g/mol. The minimum absolute atomic E-state index is 0.00734. The number of phenolic OH excluding ortho intramolecular Hbond substituents is 1. The summed E-state index contributed by atoms with van der Waals surface area (Å²) in [5.41, 5.74) is 0.913. The number of ether oxygens (including phenoxy) is 1. The van der Waals surface area contributed by atoms with Crippen LogP contribution < -0.4 is 0 Å². The highest BCUT2D eigenvalue weighted by Crippen LogP contribution is 2.25. The molecule has 4 heteroatoms. The third kappa shape index (κ3) is 2.82. The molecule has 1 aliphatic heterocycles. The number of hydrogen-bond donors (Lipinski definition) is 1. The van der Waals surface area contributed by atoms with Gasteiger partial charge >= 0.3 is 0 Å². The minimum atomic E-state index is -0.145. The molecule has 0 radical (unpaired) electrons. The Hall–Kier alpha value is -1.55. The molecule has 1 aromatic rings. The zero-order valence-corrected chi connectivity index (χ0v) is 10.8. The average Bonchev–Trinajstić information content (AvgIpc) is 2.38. The molecule has 0 aromatic heterocycles. The van der Waals surface area contributed by atoms with Crippen LogP contribution in [-0.4, -0.2) is 35.6 Å². The number of aromatic hydroxyl groups is 1. The van der Waals surface area contributed by atoms with Crippen LogP contribution in [0.2, 0.25) is 0 Å². The minimum Gasteiger partial charge on any atom is -0.508 e. The third-order valence-corrected chi connectivity index (χ3v) is 3.11. The highest BCUT2D eigenvalue weighted by atomic mass is 16.5. The van der Waals surface area contributed by atoms with Crippen LogP contribution in [0.4, 0.5) is 0 Å². The second-order valence-corrected chi connectivity index (χ2v) is 4.89. The van der Waals surface area contributed by atoms with E-state index in [0.717, 1.165) is 5.56 Å². The Balaban J connectivity index is 2.09. The van der Waals surface area contributed by atoms with E-state index < -0.39 is 0 Å². The molecule has 1 heterocycles. The lowest BCUT2D eigenvalue weighted by molar-refractivity contribution is -0.142. The molecule has 1 fully saturated rings. The van der Waals surface area contributed by atoms with E-state index in [4.69, 9.17) is 4.74 Å². The molecule has 1 aromatic carbocycles. The van der Waals surface area contributed by atoms with Crippen LogP contribution in [0.5, 0.6) is 5.75 Å². The van der Waals surface area contributed by atoms with Crippen molar-refractivity contribution in [3.63, 3.8) is 0 Å². The summed E-state index contributed by atoms with van der Waals surface area (Å²) in [7, 11) is 0. The first kappa shape index (κ1) is 12.9. The Morgan fingerprint density at radius 2 is 2.28 bits per heavy atom. The number of rotatable bonds is 2. The van der Waals surface area contributed by atoms with Crippen molar-refractivity contribution < 1.29 is 14.6 Å². The van der Waals surface area contributed by atoms with Crippen LogP contribution in [0.1, 0.15) is 25.5 Å². The summed E-state index contributed by atoms with van der Waals surface area (Å²) in [4.78, 5) is 13.8. The summed E-state index contributed by atoms with van der Waals surface area (Å²) < 4.78 is 5.67. The number of benzene rings is 1. The van der Waals surface area contributed by atoms with Gasteiger partial charge in [-0.3, -0.25) is 4.79 Å². The quantitative estimate of drug-likeness (QED) is 0.871. The zero-order chi connectivity index (χ0) is 13.1. The summed E-state index contributed by atoms with van der Waals surface area (Å²) in [6.45, 7) is 5.55. The van der Waals surface area contributed by atoms with Gasteiger partial charge in [0.1, 0.15) is 11.9 Å². The van der Waals surface area contributed by atoms with Gasteiger partial charge in [-0.2, -0.15) is 0 Å². The number of morpholine rings is 1. The Morgan fingerprint density at radius 3 is 2.94 bits per heavy atom. The van der Waals surface area contributed by atoms with Crippen molar-refractivity contribution in [3.8, 4) is 5.75 Å². The fourth-order valence-corrected chi connectivity index (χ4v) is 2.14. The van der Waals surface area contributed by atoms with Gasteiger partial charge in [-0.05, 0) is 17.7 Å². The second-order valence-electron chi connectivity index (χ2n) is 4.89. The van der Waals surface area contributed by atoms with Gasteiger partial charge < -0.3 is 14.7 Å². The lowest BCUT2D eigenvalue weighted by atomic mass is 10.1. The number of nitrogens with zero attached hydrogens (tertiary/aromatic N) is 1. The Bertz CT molecular complexity index is 431. The Morgan fingerprint density at radius 1 is 1.50 bits per heavy atom. The second kappa shape index (κ2) is 5.40. The van der Waals surface area contributed by atoms with E-state index in [2.05, 4.69) is 0 Å². The van der Waals surface area contributed by atoms with Crippen molar-refractivity contribution in [1.29, 1.82) is 0 Å². The summed E-state index contributed by atoms with van der Waals surface area (Å²) in [6, 6.07) is 7.02. The topological polar surface area (TPSA) is 49.8 Å². The normalized spacial score (nSPS) is 20.2. The first-order chi connectivity index (χ1) is 8.58. The number of carbonyl (C=O) groups is 1. The monoisotopic (exact) mass is 249 g/mol. The fourth-order valence-electron chi connectivity index (χ4n) is 2.14. The maximum absolute atomic E-state index is 12.0. The van der Waals surface area contributed by atoms with Gasteiger partial charge in [0.05, 0.1) is 13.2 Å². The summed E-state index contributed by atoms with van der Waals surface area (Å²) in [5.74, 6) is 0.389. The molecule has 0 aliphatic carbocycles. The number of amides is 1. The lowest BCUT2D eigenvalue weighted by Crippen LogP contribution is -2.44. The SMILES string of the molecule is CC(C)C(=O)N1CCOC(c2cccc(O)c2)C1. The van der Waals surface area contributed by atoms with E-state index in [-0.39, 0.29) is 23.7 Å². The Kier molecular flexibility index (Phi) is 3.87. The smallest absolute Gasteiger partial charge is 0.225 e.